The summed E-state index contributed by atoms with van der Waals surface area (Å²) in [6, 6.07) is 0.357. The van der Waals surface area contributed by atoms with Crippen molar-refractivity contribution in [3.05, 3.63) is 0 Å². The number of morpholine rings is 1. The van der Waals surface area contributed by atoms with Gasteiger partial charge in [0.25, 0.3) is 0 Å². The second kappa shape index (κ2) is 8.15. The SMILES string of the molecule is CCOC1CC(N(C)C(=O)CC2CNCCO2)C12CCCC2.Cl. The Labute approximate surface area is 145 Å². The van der Waals surface area contributed by atoms with Gasteiger partial charge < -0.3 is 19.7 Å². The maximum Gasteiger partial charge on any atom is 0.225 e. The maximum atomic E-state index is 12.6. The fourth-order valence-corrected chi connectivity index (χ4v) is 4.66. The first-order valence-electron chi connectivity index (χ1n) is 8.87. The zero-order chi connectivity index (χ0) is 15.6. The van der Waals surface area contributed by atoms with Crippen molar-refractivity contribution in [2.45, 2.75) is 63.7 Å². The van der Waals surface area contributed by atoms with Gasteiger partial charge in [-0.25, -0.2) is 0 Å². The highest BCUT2D eigenvalue weighted by atomic mass is 35.5. The number of hydrogen-bond donors (Lipinski definition) is 1. The topological polar surface area (TPSA) is 50.8 Å². The first-order valence-corrected chi connectivity index (χ1v) is 8.87. The summed E-state index contributed by atoms with van der Waals surface area (Å²) in [5.74, 6) is 0.222. The molecule has 6 heteroatoms. The number of carbonyl (C=O) groups excluding carboxylic acids is 1. The minimum Gasteiger partial charge on any atom is -0.378 e. The molecule has 1 spiro atoms. The standard InChI is InChI=1S/C17H30N2O3.ClH/c1-3-21-15-11-14(17(15)6-4-5-7-17)19(2)16(20)10-13-12-18-8-9-22-13;/h13-15,18H,3-12H2,1-2H3;1H. The van der Waals surface area contributed by atoms with E-state index in [0.29, 0.717) is 25.2 Å². The number of halogens is 1. The normalized spacial score (nSPS) is 32.2. The van der Waals surface area contributed by atoms with E-state index < -0.39 is 0 Å². The van der Waals surface area contributed by atoms with Crippen molar-refractivity contribution in [3.8, 4) is 0 Å². The third kappa shape index (κ3) is 3.68. The molecule has 3 fully saturated rings. The summed E-state index contributed by atoms with van der Waals surface area (Å²) in [6.07, 6.45) is 6.85. The monoisotopic (exact) mass is 346 g/mol. The van der Waals surface area contributed by atoms with Gasteiger partial charge in [0, 0.05) is 38.2 Å². The molecule has 1 saturated heterocycles. The lowest BCUT2D eigenvalue weighted by molar-refractivity contribution is -0.174. The molecule has 3 unspecified atom stereocenters. The number of hydrogen-bond acceptors (Lipinski definition) is 4. The molecular weight excluding hydrogens is 316 g/mol. The molecule has 23 heavy (non-hydrogen) atoms. The lowest BCUT2D eigenvalue weighted by atomic mass is 9.60. The lowest BCUT2D eigenvalue weighted by Crippen LogP contribution is -2.64. The van der Waals surface area contributed by atoms with E-state index in [1.54, 1.807) is 0 Å². The Morgan fingerprint density at radius 2 is 2.13 bits per heavy atom. The Bertz CT molecular complexity index is 395. The minimum atomic E-state index is 0. The molecule has 0 bridgehead atoms. The number of nitrogens with one attached hydrogen (secondary N) is 1. The Morgan fingerprint density at radius 3 is 2.74 bits per heavy atom. The Hall–Kier alpha value is -0.360. The average Bonchev–Trinajstić information content (AvgIpc) is 3.04. The van der Waals surface area contributed by atoms with Crippen molar-refractivity contribution in [2.75, 3.05) is 33.4 Å². The average molecular weight is 347 g/mol. The van der Waals surface area contributed by atoms with Crippen LogP contribution >= 0.6 is 12.4 Å². The maximum absolute atomic E-state index is 12.6. The quantitative estimate of drug-likeness (QED) is 0.827. The molecule has 1 N–H and O–H groups in total. The third-order valence-corrected chi connectivity index (χ3v) is 5.91. The van der Waals surface area contributed by atoms with Gasteiger partial charge in [-0.15, -0.1) is 12.4 Å². The van der Waals surface area contributed by atoms with Gasteiger partial charge in [-0.1, -0.05) is 12.8 Å². The van der Waals surface area contributed by atoms with E-state index in [0.717, 1.165) is 26.1 Å². The van der Waals surface area contributed by atoms with Gasteiger partial charge in [-0.05, 0) is 26.2 Å². The predicted molar refractivity (Wildman–Crippen MR) is 92.0 cm³/mol. The molecule has 5 nitrogen and oxygen atoms in total. The van der Waals surface area contributed by atoms with Crippen LogP contribution in [0.15, 0.2) is 0 Å². The highest BCUT2D eigenvalue weighted by molar-refractivity contribution is 5.85. The summed E-state index contributed by atoms with van der Waals surface area (Å²) >= 11 is 0. The molecule has 0 radical (unpaired) electrons. The second-order valence-corrected chi connectivity index (χ2v) is 7.04. The number of carbonyl (C=O) groups is 1. The van der Waals surface area contributed by atoms with Crippen LogP contribution in [0.25, 0.3) is 0 Å². The molecule has 0 aromatic heterocycles. The molecule has 134 valence electrons. The Morgan fingerprint density at radius 1 is 1.39 bits per heavy atom. The summed E-state index contributed by atoms with van der Waals surface area (Å²) in [5, 5.41) is 3.29. The van der Waals surface area contributed by atoms with Gasteiger partial charge >= 0.3 is 0 Å². The molecule has 2 aliphatic carbocycles. The molecule has 0 aromatic rings. The molecule has 3 aliphatic rings. The fourth-order valence-electron chi connectivity index (χ4n) is 4.66. The summed E-state index contributed by atoms with van der Waals surface area (Å²) in [5.41, 5.74) is 0.228. The highest BCUT2D eigenvalue weighted by Gasteiger charge is 2.58. The van der Waals surface area contributed by atoms with Crippen LogP contribution in [0.1, 0.15) is 45.4 Å². The van der Waals surface area contributed by atoms with Crippen molar-refractivity contribution in [3.63, 3.8) is 0 Å². The summed E-state index contributed by atoms with van der Waals surface area (Å²) in [6.45, 7) is 5.23. The van der Waals surface area contributed by atoms with Gasteiger partial charge in [0.05, 0.1) is 25.2 Å². The van der Waals surface area contributed by atoms with E-state index in [4.69, 9.17) is 9.47 Å². The van der Waals surface area contributed by atoms with Gasteiger partial charge in [0.1, 0.15) is 0 Å². The van der Waals surface area contributed by atoms with Crippen LogP contribution in [0.3, 0.4) is 0 Å². The number of nitrogens with zero attached hydrogens (tertiary/aromatic N) is 1. The molecule has 2 saturated carbocycles. The predicted octanol–water partition coefficient (Wildman–Crippen LogP) is 1.98. The fraction of sp³-hybridized carbons (Fsp3) is 0.941. The molecule has 0 aromatic carbocycles. The van der Waals surface area contributed by atoms with E-state index in [9.17, 15) is 4.79 Å². The van der Waals surface area contributed by atoms with E-state index in [-0.39, 0.29) is 29.8 Å². The van der Waals surface area contributed by atoms with Crippen LogP contribution in [0.4, 0.5) is 0 Å². The van der Waals surface area contributed by atoms with Gasteiger partial charge in [0.15, 0.2) is 0 Å². The van der Waals surface area contributed by atoms with E-state index in [2.05, 4.69) is 12.2 Å². The van der Waals surface area contributed by atoms with Gasteiger partial charge in [-0.2, -0.15) is 0 Å². The number of rotatable bonds is 5. The van der Waals surface area contributed by atoms with Crippen molar-refractivity contribution in [1.82, 2.24) is 10.2 Å². The molecule has 3 atom stereocenters. The van der Waals surface area contributed by atoms with Crippen LogP contribution in [0.2, 0.25) is 0 Å². The first-order chi connectivity index (χ1) is 10.7. The zero-order valence-corrected chi connectivity index (χ0v) is 15.2. The number of amides is 1. The molecule has 1 amide bonds. The largest absolute Gasteiger partial charge is 0.378 e. The summed E-state index contributed by atoms with van der Waals surface area (Å²) in [7, 11) is 1.98. The smallest absolute Gasteiger partial charge is 0.225 e. The van der Waals surface area contributed by atoms with Crippen LogP contribution in [-0.2, 0) is 14.3 Å². The first kappa shape index (κ1) is 19.0. The van der Waals surface area contributed by atoms with Gasteiger partial charge in [0.2, 0.25) is 5.91 Å². The molecule has 1 aliphatic heterocycles. The summed E-state index contributed by atoms with van der Waals surface area (Å²) < 4.78 is 11.6. The molecular formula is C17H31ClN2O3. The van der Waals surface area contributed by atoms with Crippen molar-refractivity contribution in [2.24, 2.45) is 5.41 Å². The van der Waals surface area contributed by atoms with Crippen molar-refractivity contribution in [1.29, 1.82) is 0 Å². The second-order valence-electron chi connectivity index (χ2n) is 7.04. The van der Waals surface area contributed by atoms with Crippen LogP contribution < -0.4 is 5.32 Å². The van der Waals surface area contributed by atoms with Crippen LogP contribution in [0, 0.1) is 5.41 Å². The van der Waals surface area contributed by atoms with Crippen LogP contribution in [-0.4, -0.2) is 62.4 Å². The Kier molecular flexibility index (Phi) is 6.72. The number of ether oxygens (including phenoxy) is 2. The van der Waals surface area contributed by atoms with E-state index in [1.807, 2.05) is 11.9 Å². The van der Waals surface area contributed by atoms with Crippen LogP contribution in [0.5, 0.6) is 0 Å². The van der Waals surface area contributed by atoms with Crippen molar-refractivity contribution < 1.29 is 14.3 Å². The highest BCUT2D eigenvalue weighted by Crippen LogP contribution is 2.56. The minimum absolute atomic E-state index is 0. The summed E-state index contributed by atoms with van der Waals surface area (Å²) in [4.78, 5) is 14.6. The van der Waals surface area contributed by atoms with E-state index >= 15 is 0 Å². The molecule has 1 heterocycles. The van der Waals surface area contributed by atoms with E-state index in [1.165, 1.54) is 25.7 Å². The third-order valence-electron chi connectivity index (χ3n) is 5.91. The Balaban J connectivity index is 0.00000192. The van der Waals surface area contributed by atoms with Crippen molar-refractivity contribution >= 4 is 18.3 Å². The molecule has 3 rings (SSSR count). The lowest BCUT2D eigenvalue weighted by Gasteiger charge is -2.57. The zero-order valence-electron chi connectivity index (χ0n) is 14.4. The van der Waals surface area contributed by atoms with Gasteiger partial charge in [-0.3, -0.25) is 4.79 Å².